The fraction of sp³-hybridized carbons (Fsp3) is 0.103. The Morgan fingerprint density at radius 3 is 2.22 bits per heavy atom. The number of hydrogen-bond acceptors (Lipinski definition) is 5. The van der Waals surface area contributed by atoms with Gasteiger partial charge in [-0.05, 0) is 60.2 Å². The number of para-hydroxylation sites is 2. The standard InChI is InChI=1S/C29H24F4N4O3S/c1-41(39,40)36-25-15-12-20(18-24(25)30)19-37(23-10-6-3-7-11-23)27(38)17-14-21-13-16-26(29(31,32)33)35-28(21)34-22-8-4-2-5-9-22/h2-18,36H,19H2,1H3,(H,34,35)/b17-14+. The average Bonchev–Trinajstić information content (AvgIpc) is 2.92. The van der Waals surface area contributed by atoms with E-state index in [1.54, 1.807) is 60.7 Å². The molecule has 0 bridgehead atoms. The van der Waals surface area contributed by atoms with E-state index in [-0.39, 0.29) is 23.6 Å². The molecular formula is C29H24F4N4O3S. The molecule has 4 rings (SSSR count). The normalized spacial score (nSPS) is 11.8. The van der Waals surface area contributed by atoms with Crippen LogP contribution in [-0.4, -0.2) is 25.6 Å². The molecule has 4 aromatic rings. The predicted octanol–water partition coefficient (Wildman–Crippen LogP) is 6.60. The zero-order valence-electron chi connectivity index (χ0n) is 21.6. The molecule has 0 saturated heterocycles. The molecular weight excluding hydrogens is 560 g/mol. The zero-order chi connectivity index (χ0) is 29.6. The summed E-state index contributed by atoms with van der Waals surface area (Å²) in [6, 6.07) is 22.9. The summed E-state index contributed by atoms with van der Waals surface area (Å²) >= 11 is 0. The Kier molecular flexibility index (Phi) is 8.72. The summed E-state index contributed by atoms with van der Waals surface area (Å²) in [5.41, 5.74) is 0.250. The van der Waals surface area contributed by atoms with Crippen molar-refractivity contribution >= 4 is 44.9 Å². The van der Waals surface area contributed by atoms with Gasteiger partial charge in [0.05, 0.1) is 18.5 Å². The van der Waals surface area contributed by atoms with E-state index in [9.17, 15) is 30.8 Å². The number of anilines is 4. The molecule has 212 valence electrons. The molecule has 0 unspecified atom stereocenters. The SMILES string of the molecule is CS(=O)(=O)Nc1ccc(CN(C(=O)/C=C/c2ccc(C(F)(F)F)nc2Nc2ccccc2)c2ccccc2)cc1F. The smallest absolute Gasteiger partial charge is 0.340 e. The molecule has 0 atom stereocenters. The molecule has 2 N–H and O–H groups in total. The number of halogens is 4. The fourth-order valence-corrected chi connectivity index (χ4v) is 4.36. The van der Waals surface area contributed by atoms with Gasteiger partial charge >= 0.3 is 6.18 Å². The van der Waals surface area contributed by atoms with Gasteiger partial charge in [0.2, 0.25) is 10.0 Å². The van der Waals surface area contributed by atoms with Crippen molar-refractivity contribution in [1.82, 2.24) is 4.98 Å². The van der Waals surface area contributed by atoms with Crippen LogP contribution >= 0.6 is 0 Å². The first-order chi connectivity index (χ1) is 19.4. The third-order valence-corrected chi connectivity index (χ3v) is 6.25. The number of benzene rings is 3. The fourth-order valence-electron chi connectivity index (χ4n) is 3.80. The van der Waals surface area contributed by atoms with Crippen molar-refractivity contribution in [2.45, 2.75) is 12.7 Å². The van der Waals surface area contributed by atoms with E-state index in [2.05, 4.69) is 15.0 Å². The third-order valence-electron chi connectivity index (χ3n) is 5.66. The molecule has 0 saturated carbocycles. The second kappa shape index (κ2) is 12.2. The monoisotopic (exact) mass is 584 g/mol. The highest BCUT2D eigenvalue weighted by atomic mass is 32.2. The molecule has 1 amide bonds. The molecule has 1 heterocycles. The quantitative estimate of drug-likeness (QED) is 0.171. The number of alkyl halides is 3. The maximum atomic E-state index is 14.6. The number of amides is 1. The van der Waals surface area contributed by atoms with Crippen molar-refractivity contribution in [1.29, 1.82) is 0 Å². The van der Waals surface area contributed by atoms with Crippen LogP contribution in [0.4, 0.5) is 40.4 Å². The largest absolute Gasteiger partial charge is 0.433 e. The number of rotatable bonds is 9. The molecule has 0 aliphatic carbocycles. The van der Waals surface area contributed by atoms with Crippen LogP contribution in [0.2, 0.25) is 0 Å². The van der Waals surface area contributed by atoms with Gasteiger partial charge in [-0.2, -0.15) is 13.2 Å². The maximum absolute atomic E-state index is 14.6. The maximum Gasteiger partial charge on any atom is 0.433 e. The van der Waals surface area contributed by atoms with E-state index in [0.29, 0.717) is 16.9 Å². The van der Waals surface area contributed by atoms with Crippen LogP contribution < -0.4 is 14.9 Å². The van der Waals surface area contributed by atoms with Crippen LogP contribution in [-0.2, 0) is 27.5 Å². The number of aromatic nitrogens is 1. The summed E-state index contributed by atoms with van der Waals surface area (Å²) in [5, 5.41) is 2.86. The van der Waals surface area contributed by atoms with Crippen LogP contribution in [0.1, 0.15) is 16.8 Å². The molecule has 12 heteroatoms. The summed E-state index contributed by atoms with van der Waals surface area (Å²) in [4.78, 5) is 18.5. The van der Waals surface area contributed by atoms with E-state index in [1.807, 2.05) is 0 Å². The molecule has 3 aromatic carbocycles. The Balaban J connectivity index is 1.64. The van der Waals surface area contributed by atoms with Crippen molar-refractivity contribution < 1.29 is 30.8 Å². The van der Waals surface area contributed by atoms with Gasteiger partial charge in [-0.15, -0.1) is 0 Å². The van der Waals surface area contributed by atoms with Gasteiger partial charge < -0.3 is 10.2 Å². The van der Waals surface area contributed by atoms with Crippen LogP contribution in [0, 0.1) is 5.82 Å². The van der Waals surface area contributed by atoms with E-state index >= 15 is 0 Å². The topological polar surface area (TPSA) is 91.4 Å². The average molecular weight is 585 g/mol. The third kappa shape index (κ3) is 8.15. The Morgan fingerprint density at radius 1 is 0.951 bits per heavy atom. The minimum atomic E-state index is -4.67. The van der Waals surface area contributed by atoms with Crippen LogP contribution in [0.15, 0.2) is 97.1 Å². The molecule has 0 radical (unpaired) electrons. The van der Waals surface area contributed by atoms with E-state index in [1.165, 1.54) is 35.3 Å². The first kappa shape index (κ1) is 29.3. The second-order valence-electron chi connectivity index (χ2n) is 8.90. The lowest BCUT2D eigenvalue weighted by molar-refractivity contribution is -0.141. The lowest BCUT2D eigenvalue weighted by Gasteiger charge is -2.22. The van der Waals surface area contributed by atoms with Crippen LogP contribution in [0.3, 0.4) is 0 Å². The van der Waals surface area contributed by atoms with Crippen molar-refractivity contribution in [3.05, 3.63) is 120 Å². The highest BCUT2D eigenvalue weighted by molar-refractivity contribution is 7.92. The molecule has 0 aliphatic rings. The number of nitrogens with one attached hydrogen (secondary N) is 2. The Hall–Kier alpha value is -4.71. The minimum absolute atomic E-state index is 0.0797. The number of nitrogens with zero attached hydrogens (tertiary/aromatic N) is 2. The van der Waals surface area contributed by atoms with Gasteiger partial charge in [-0.25, -0.2) is 17.8 Å². The number of sulfonamides is 1. The molecule has 7 nitrogen and oxygen atoms in total. The van der Waals surface area contributed by atoms with E-state index in [4.69, 9.17) is 0 Å². The van der Waals surface area contributed by atoms with Crippen LogP contribution in [0.25, 0.3) is 6.08 Å². The zero-order valence-corrected chi connectivity index (χ0v) is 22.4. The number of hydrogen-bond donors (Lipinski definition) is 2. The Morgan fingerprint density at radius 2 is 1.61 bits per heavy atom. The van der Waals surface area contributed by atoms with Gasteiger partial charge in [0.1, 0.15) is 17.3 Å². The first-order valence-electron chi connectivity index (χ1n) is 12.1. The Bertz CT molecular complexity index is 1660. The minimum Gasteiger partial charge on any atom is -0.340 e. The molecule has 0 aliphatic heterocycles. The summed E-state index contributed by atoms with van der Waals surface area (Å²) in [6.45, 7) is -0.0797. The lowest BCUT2D eigenvalue weighted by Crippen LogP contribution is -2.28. The summed E-state index contributed by atoms with van der Waals surface area (Å²) < 4.78 is 79.7. The molecule has 0 fully saturated rings. The first-order valence-corrected chi connectivity index (χ1v) is 14.0. The van der Waals surface area contributed by atoms with Gasteiger partial charge in [0.15, 0.2) is 0 Å². The number of carbonyl (C=O) groups excluding carboxylic acids is 1. The van der Waals surface area contributed by atoms with Crippen molar-refractivity contribution in [2.75, 3.05) is 21.2 Å². The summed E-state index contributed by atoms with van der Waals surface area (Å²) in [5.74, 6) is -1.46. The van der Waals surface area contributed by atoms with Gasteiger partial charge in [-0.3, -0.25) is 9.52 Å². The Labute approximate surface area is 234 Å². The van der Waals surface area contributed by atoms with Gasteiger partial charge in [0, 0.05) is 23.0 Å². The van der Waals surface area contributed by atoms with Crippen molar-refractivity contribution in [3.8, 4) is 0 Å². The number of carbonyl (C=O) groups is 1. The predicted molar refractivity (Wildman–Crippen MR) is 150 cm³/mol. The second-order valence-corrected chi connectivity index (χ2v) is 10.7. The molecule has 41 heavy (non-hydrogen) atoms. The van der Waals surface area contributed by atoms with Gasteiger partial charge in [-0.1, -0.05) is 42.5 Å². The van der Waals surface area contributed by atoms with Crippen molar-refractivity contribution in [2.24, 2.45) is 0 Å². The highest BCUT2D eigenvalue weighted by Gasteiger charge is 2.33. The van der Waals surface area contributed by atoms with Gasteiger partial charge in [0.25, 0.3) is 5.91 Å². The number of pyridine rings is 1. The molecule has 0 spiro atoms. The highest BCUT2D eigenvalue weighted by Crippen LogP contribution is 2.31. The van der Waals surface area contributed by atoms with Crippen LogP contribution in [0.5, 0.6) is 0 Å². The molecule has 1 aromatic heterocycles. The summed E-state index contributed by atoms with van der Waals surface area (Å²) in [6.07, 6.45) is -1.24. The summed E-state index contributed by atoms with van der Waals surface area (Å²) in [7, 11) is -3.70. The van der Waals surface area contributed by atoms with Crippen molar-refractivity contribution in [3.63, 3.8) is 0 Å². The van der Waals surface area contributed by atoms with E-state index < -0.39 is 33.6 Å². The van der Waals surface area contributed by atoms with E-state index in [0.717, 1.165) is 18.4 Å². The lowest BCUT2D eigenvalue weighted by atomic mass is 10.1.